The molecule has 0 radical (unpaired) electrons. The van der Waals surface area contributed by atoms with Gasteiger partial charge in [-0.15, -0.1) is 0 Å². The molecule has 2 heterocycles. The smallest absolute Gasteiger partial charge is 0.257 e. The number of halogens is 2. The molecule has 1 aliphatic rings. The standard InChI is InChI=1S/C27H28F2N4O4/c1-32-13-15-33(16-14-32)27(35)23(18-36-17-19-7-3-2-4-8-19)31-25(34)20-9-6-12-30-26(20)37-24-21(28)10-5-11-22(24)29/h2-12,23H,13-18H2,1H3,(H,31,34)/t23-/m1/s1. The van der Waals surface area contributed by atoms with E-state index in [1.54, 1.807) is 4.90 Å². The Kier molecular flexibility index (Phi) is 8.76. The highest BCUT2D eigenvalue weighted by molar-refractivity contribution is 5.99. The summed E-state index contributed by atoms with van der Waals surface area (Å²) in [6, 6.07) is 14.6. The largest absolute Gasteiger partial charge is 0.432 e. The van der Waals surface area contributed by atoms with Gasteiger partial charge in [-0.05, 0) is 36.9 Å². The average Bonchev–Trinajstić information content (AvgIpc) is 2.91. The van der Waals surface area contributed by atoms with Gasteiger partial charge >= 0.3 is 0 Å². The lowest BCUT2D eigenvalue weighted by Crippen LogP contribution is -2.55. The van der Waals surface area contributed by atoms with Crippen molar-refractivity contribution in [1.82, 2.24) is 20.1 Å². The van der Waals surface area contributed by atoms with Crippen molar-refractivity contribution in [2.24, 2.45) is 0 Å². The summed E-state index contributed by atoms with van der Waals surface area (Å²) in [5, 5.41) is 2.71. The summed E-state index contributed by atoms with van der Waals surface area (Å²) in [6.45, 7) is 2.67. The zero-order valence-electron chi connectivity index (χ0n) is 20.4. The minimum atomic E-state index is -0.988. The molecule has 1 saturated heterocycles. The predicted octanol–water partition coefficient (Wildman–Crippen LogP) is 3.24. The van der Waals surface area contributed by atoms with Gasteiger partial charge in [0, 0.05) is 32.4 Å². The second-order valence-corrected chi connectivity index (χ2v) is 8.66. The number of aromatic nitrogens is 1. The fourth-order valence-electron chi connectivity index (χ4n) is 3.85. The monoisotopic (exact) mass is 510 g/mol. The van der Waals surface area contributed by atoms with Gasteiger partial charge in [-0.25, -0.2) is 13.8 Å². The summed E-state index contributed by atoms with van der Waals surface area (Å²) < 4.78 is 39.4. The van der Waals surface area contributed by atoms with Crippen LogP contribution in [0.5, 0.6) is 11.6 Å². The highest BCUT2D eigenvalue weighted by Crippen LogP contribution is 2.28. The Morgan fingerprint density at radius 1 is 0.973 bits per heavy atom. The topological polar surface area (TPSA) is 84.0 Å². The summed E-state index contributed by atoms with van der Waals surface area (Å²) in [5.74, 6) is -3.80. The zero-order valence-corrected chi connectivity index (χ0v) is 20.4. The number of amides is 2. The number of nitrogens with one attached hydrogen (secondary N) is 1. The van der Waals surface area contributed by atoms with E-state index in [-0.39, 0.29) is 30.6 Å². The number of benzene rings is 2. The molecular formula is C27H28F2N4O4. The number of ether oxygens (including phenoxy) is 2. The molecule has 0 unspecified atom stereocenters. The third-order valence-corrected chi connectivity index (χ3v) is 5.95. The lowest BCUT2D eigenvalue weighted by Gasteiger charge is -2.34. The third kappa shape index (κ3) is 6.87. The molecule has 3 aromatic rings. The van der Waals surface area contributed by atoms with Crippen LogP contribution in [0.25, 0.3) is 0 Å². The summed E-state index contributed by atoms with van der Waals surface area (Å²) in [6.07, 6.45) is 1.33. The van der Waals surface area contributed by atoms with Gasteiger partial charge in [-0.3, -0.25) is 9.59 Å². The number of para-hydroxylation sites is 1. The summed E-state index contributed by atoms with van der Waals surface area (Å²) in [7, 11) is 1.98. The van der Waals surface area contributed by atoms with Crippen molar-refractivity contribution < 1.29 is 27.8 Å². The van der Waals surface area contributed by atoms with Crippen LogP contribution < -0.4 is 10.1 Å². The van der Waals surface area contributed by atoms with E-state index in [9.17, 15) is 18.4 Å². The number of hydrogen-bond acceptors (Lipinski definition) is 6. The molecule has 0 spiro atoms. The zero-order chi connectivity index (χ0) is 26.2. The molecule has 10 heteroatoms. The van der Waals surface area contributed by atoms with Gasteiger partial charge in [0.05, 0.1) is 13.2 Å². The lowest BCUT2D eigenvalue weighted by atomic mass is 10.2. The van der Waals surface area contributed by atoms with E-state index in [2.05, 4.69) is 15.2 Å². The molecule has 1 fully saturated rings. The number of hydrogen-bond donors (Lipinski definition) is 1. The summed E-state index contributed by atoms with van der Waals surface area (Å²) in [4.78, 5) is 34.4. The van der Waals surface area contributed by atoms with Crippen molar-refractivity contribution in [3.05, 3.63) is 89.6 Å². The normalized spacial score (nSPS) is 14.7. The maximum Gasteiger partial charge on any atom is 0.257 e. The Balaban J connectivity index is 1.51. The molecule has 4 rings (SSSR count). The molecule has 194 valence electrons. The van der Waals surface area contributed by atoms with Gasteiger partial charge in [0.2, 0.25) is 17.5 Å². The first-order valence-corrected chi connectivity index (χ1v) is 11.9. The number of nitrogens with zero attached hydrogens (tertiary/aromatic N) is 3. The molecule has 8 nitrogen and oxygen atoms in total. The Morgan fingerprint density at radius 2 is 1.68 bits per heavy atom. The molecule has 37 heavy (non-hydrogen) atoms. The number of carbonyl (C=O) groups is 2. The molecule has 1 atom stereocenters. The molecule has 1 aromatic heterocycles. The van der Waals surface area contributed by atoms with Crippen LogP contribution in [0.15, 0.2) is 66.9 Å². The van der Waals surface area contributed by atoms with Crippen molar-refractivity contribution in [2.45, 2.75) is 12.6 Å². The molecule has 1 N–H and O–H groups in total. The molecule has 0 bridgehead atoms. The van der Waals surface area contributed by atoms with Crippen LogP contribution >= 0.6 is 0 Å². The van der Waals surface area contributed by atoms with Crippen LogP contribution in [-0.4, -0.2) is 72.5 Å². The minimum Gasteiger partial charge on any atom is -0.432 e. The van der Waals surface area contributed by atoms with Gasteiger partial charge in [0.1, 0.15) is 11.6 Å². The van der Waals surface area contributed by atoms with Crippen LogP contribution in [0.3, 0.4) is 0 Å². The second-order valence-electron chi connectivity index (χ2n) is 8.66. The first-order chi connectivity index (χ1) is 17.9. The van der Waals surface area contributed by atoms with Gasteiger partial charge in [0.25, 0.3) is 5.91 Å². The van der Waals surface area contributed by atoms with Crippen molar-refractivity contribution in [3.8, 4) is 11.6 Å². The van der Waals surface area contributed by atoms with E-state index in [4.69, 9.17) is 9.47 Å². The average molecular weight is 511 g/mol. The minimum absolute atomic E-state index is 0.0653. The number of piperazine rings is 1. The second kappa shape index (κ2) is 12.4. The van der Waals surface area contributed by atoms with E-state index in [0.717, 1.165) is 17.7 Å². The van der Waals surface area contributed by atoms with E-state index in [0.29, 0.717) is 26.2 Å². The van der Waals surface area contributed by atoms with E-state index < -0.39 is 29.3 Å². The Hall–Kier alpha value is -3.89. The van der Waals surface area contributed by atoms with Crippen LogP contribution in [0.4, 0.5) is 8.78 Å². The maximum atomic E-state index is 14.1. The summed E-state index contributed by atoms with van der Waals surface area (Å²) in [5.41, 5.74) is 0.846. The number of pyridine rings is 1. The first-order valence-electron chi connectivity index (χ1n) is 11.9. The molecule has 1 aliphatic heterocycles. The van der Waals surface area contributed by atoms with Gasteiger partial charge in [-0.1, -0.05) is 36.4 Å². The highest BCUT2D eigenvalue weighted by atomic mass is 19.1. The van der Waals surface area contributed by atoms with E-state index in [1.165, 1.54) is 24.4 Å². The lowest BCUT2D eigenvalue weighted by molar-refractivity contribution is -0.136. The fourth-order valence-corrected chi connectivity index (χ4v) is 3.85. The fraction of sp³-hybridized carbons (Fsp3) is 0.296. The first kappa shape index (κ1) is 26.2. The molecule has 2 amide bonds. The van der Waals surface area contributed by atoms with Gasteiger partial charge < -0.3 is 24.6 Å². The maximum absolute atomic E-state index is 14.1. The van der Waals surface area contributed by atoms with Gasteiger partial charge in [-0.2, -0.15) is 0 Å². The Bertz CT molecular complexity index is 1200. The van der Waals surface area contributed by atoms with Crippen molar-refractivity contribution in [1.29, 1.82) is 0 Å². The van der Waals surface area contributed by atoms with E-state index in [1.807, 2.05) is 37.4 Å². The van der Waals surface area contributed by atoms with Crippen LogP contribution in [0, 0.1) is 11.6 Å². The highest BCUT2D eigenvalue weighted by Gasteiger charge is 2.30. The van der Waals surface area contributed by atoms with E-state index >= 15 is 0 Å². The summed E-state index contributed by atoms with van der Waals surface area (Å²) >= 11 is 0. The predicted molar refractivity (Wildman–Crippen MR) is 132 cm³/mol. The van der Waals surface area contributed by atoms with Crippen LogP contribution in [0.1, 0.15) is 15.9 Å². The SMILES string of the molecule is CN1CCN(C(=O)[C@@H](COCc2ccccc2)NC(=O)c2cccnc2Oc2c(F)cccc2F)CC1. The van der Waals surface area contributed by atoms with Crippen molar-refractivity contribution in [3.63, 3.8) is 0 Å². The molecule has 0 saturated carbocycles. The Labute approximate surface area is 213 Å². The number of likely N-dealkylation sites (N-methyl/N-ethyl adjacent to an activating group) is 1. The number of carbonyl (C=O) groups excluding carboxylic acids is 2. The van der Waals surface area contributed by atoms with Crippen LogP contribution in [-0.2, 0) is 16.1 Å². The van der Waals surface area contributed by atoms with Gasteiger partial charge in [0.15, 0.2) is 11.6 Å². The number of rotatable bonds is 9. The molecule has 0 aliphatic carbocycles. The quantitative estimate of drug-likeness (QED) is 0.476. The third-order valence-electron chi connectivity index (χ3n) is 5.95. The van der Waals surface area contributed by atoms with Crippen LogP contribution in [0.2, 0.25) is 0 Å². The molecule has 2 aromatic carbocycles. The van der Waals surface area contributed by atoms with Crippen molar-refractivity contribution in [2.75, 3.05) is 39.8 Å². The molecular weight excluding hydrogens is 482 g/mol. The van der Waals surface area contributed by atoms with Crippen molar-refractivity contribution >= 4 is 11.8 Å². The Morgan fingerprint density at radius 3 is 2.38 bits per heavy atom.